The summed E-state index contributed by atoms with van der Waals surface area (Å²) in [6.45, 7) is 9.30. The maximum atomic E-state index is 14.3. The van der Waals surface area contributed by atoms with Gasteiger partial charge in [0, 0.05) is 23.9 Å². The van der Waals surface area contributed by atoms with Gasteiger partial charge in [0.25, 0.3) is 0 Å². The first-order valence-electron chi connectivity index (χ1n) is 11.4. The minimum atomic E-state index is -1.04. The molecule has 0 spiro atoms. The van der Waals surface area contributed by atoms with E-state index in [2.05, 4.69) is 20.2 Å². The van der Waals surface area contributed by atoms with Crippen molar-refractivity contribution in [3.8, 4) is 22.6 Å². The molecule has 0 saturated heterocycles. The number of pyridine rings is 1. The van der Waals surface area contributed by atoms with Crippen molar-refractivity contribution in [3.63, 3.8) is 0 Å². The monoisotopic (exact) mass is 475 g/mol. The molecule has 8 heteroatoms. The third-order valence-corrected chi connectivity index (χ3v) is 5.87. The van der Waals surface area contributed by atoms with E-state index in [0.29, 0.717) is 22.8 Å². The van der Waals surface area contributed by atoms with Gasteiger partial charge in [-0.3, -0.25) is 4.98 Å². The molecule has 0 fully saturated rings. The molecule has 3 heterocycles. The Morgan fingerprint density at radius 3 is 2.23 bits per heavy atom. The molecule has 1 atom stereocenters. The highest BCUT2D eigenvalue weighted by atomic mass is 19.1. The van der Waals surface area contributed by atoms with Crippen LogP contribution < -0.4 is 0 Å². The van der Waals surface area contributed by atoms with Crippen molar-refractivity contribution in [1.82, 2.24) is 25.1 Å². The number of nitrogens with zero attached hydrogens (tertiary/aromatic N) is 5. The molecule has 0 amide bonds. The van der Waals surface area contributed by atoms with E-state index in [9.17, 15) is 13.9 Å². The molecule has 0 bridgehead atoms. The van der Waals surface area contributed by atoms with Gasteiger partial charge in [-0.05, 0) is 61.7 Å². The van der Waals surface area contributed by atoms with Crippen LogP contribution in [0.25, 0.3) is 22.6 Å². The molecule has 1 N–H and O–H groups in total. The summed E-state index contributed by atoms with van der Waals surface area (Å²) in [5.74, 6) is -1.08. The van der Waals surface area contributed by atoms with E-state index in [1.165, 1.54) is 18.2 Å². The van der Waals surface area contributed by atoms with Crippen molar-refractivity contribution in [2.75, 3.05) is 0 Å². The van der Waals surface area contributed by atoms with Crippen LogP contribution in [0.15, 0.2) is 54.9 Å². The van der Waals surface area contributed by atoms with E-state index in [0.717, 1.165) is 11.3 Å². The summed E-state index contributed by atoms with van der Waals surface area (Å²) in [4.78, 5) is 13.4. The minimum Gasteiger partial charge on any atom is -0.384 e. The van der Waals surface area contributed by atoms with Crippen LogP contribution in [0.3, 0.4) is 0 Å². The molecule has 180 valence electrons. The number of aliphatic hydroxyl groups is 1. The second-order valence-electron chi connectivity index (χ2n) is 9.34. The summed E-state index contributed by atoms with van der Waals surface area (Å²) in [5, 5.41) is 18.7. The second-order valence-corrected chi connectivity index (χ2v) is 9.34. The Morgan fingerprint density at radius 2 is 1.63 bits per heavy atom. The fourth-order valence-electron chi connectivity index (χ4n) is 3.86. The third kappa shape index (κ3) is 5.07. The van der Waals surface area contributed by atoms with Gasteiger partial charge in [-0.1, -0.05) is 26.8 Å². The van der Waals surface area contributed by atoms with Gasteiger partial charge in [0.1, 0.15) is 17.2 Å². The van der Waals surface area contributed by atoms with E-state index in [1.54, 1.807) is 38.4 Å². The summed E-state index contributed by atoms with van der Waals surface area (Å²) >= 11 is 0. The Balaban J connectivity index is 1.71. The van der Waals surface area contributed by atoms with Crippen molar-refractivity contribution in [2.24, 2.45) is 0 Å². The summed E-state index contributed by atoms with van der Waals surface area (Å²) in [6.07, 6.45) is 3.30. The zero-order valence-corrected chi connectivity index (χ0v) is 20.3. The number of hydrogen-bond donors (Lipinski definition) is 1. The minimum absolute atomic E-state index is 0.0384. The molecular formula is C27H27F2N5O. The zero-order chi connectivity index (χ0) is 25.3. The smallest absolute Gasteiger partial charge is 0.160 e. The second kappa shape index (κ2) is 9.54. The van der Waals surface area contributed by atoms with Crippen LogP contribution in [-0.4, -0.2) is 30.3 Å². The van der Waals surface area contributed by atoms with Gasteiger partial charge >= 0.3 is 0 Å². The van der Waals surface area contributed by atoms with Crippen LogP contribution >= 0.6 is 0 Å². The van der Waals surface area contributed by atoms with Gasteiger partial charge in [0.15, 0.2) is 5.82 Å². The lowest BCUT2D eigenvalue weighted by atomic mass is 9.91. The zero-order valence-electron chi connectivity index (χ0n) is 20.3. The lowest BCUT2D eigenvalue weighted by molar-refractivity contribution is 0.0739. The summed E-state index contributed by atoms with van der Waals surface area (Å²) in [7, 11) is 0. The van der Waals surface area contributed by atoms with E-state index >= 15 is 0 Å². The fraction of sp³-hybridized carbons (Fsp3) is 0.296. The Morgan fingerprint density at radius 1 is 0.914 bits per heavy atom. The number of benzene rings is 1. The Bertz CT molecular complexity index is 1330. The number of aromatic nitrogens is 5. The topological polar surface area (TPSA) is 84.7 Å². The third-order valence-electron chi connectivity index (χ3n) is 5.87. The van der Waals surface area contributed by atoms with Gasteiger partial charge < -0.3 is 5.11 Å². The average molecular weight is 476 g/mol. The Labute approximate surface area is 203 Å². The van der Waals surface area contributed by atoms with Crippen LogP contribution in [-0.2, 0) is 5.60 Å². The summed E-state index contributed by atoms with van der Waals surface area (Å²) in [6, 6.07) is 10.8. The average Bonchev–Trinajstić information content (AvgIpc) is 2.83. The van der Waals surface area contributed by atoms with Crippen molar-refractivity contribution in [2.45, 2.75) is 52.1 Å². The molecule has 0 radical (unpaired) electrons. The molecule has 6 nitrogen and oxygen atoms in total. The van der Waals surface area contributed by atoms with E-state index < -0.39 is 17.2 Å². The van der Waals surface area contributed by atoms with Crippen LogP contribution in [0.4, 0.5) is 8.78 Å². The predicted octanol–water partition coefficient (Wildman–Crippen LogP) is 5.78. The van der Waals surface area contributed by atoms with Gasteiger partial charge in [-0.15, -0.1) is 0 Å². The van der Waals surface area contributed by atoms with E-state index in [4.69, 9.17) is 4.98 Å². The number of rotatable bonds is 6. The molecule has 4 aromatic rings. The first kappa shape index (κ1) is 24.5. The lowest BCUT2D eigenvalue weighted by Gasteiger charge is -2.18. The standard InChI is InChI=1S/C27H27F2N5O/c1-15(2)18-13-22(24-19(28)7-6-8-20(24)29)33-34-25(18)16(3)21-11-12-30-26(32-21)17-9-10-23(31-14-17)27(4,5)35/h6-16,35H,1-5H3. The van der Waals surface area contributed by atoms with Crippen LogP contribution in [0.1, 0.15) is 69.1 Å². The lowest BCUT2D eigenvalue weighted by Crippen LogP contribution is -2.17. The fourth-order valence-corrected chi connectivity index (χ4v) is 3.86. The van der Waals surface area contributed by atoms with Crippen LogP contribution in [0.5, 0.6) is 0 Å². The highest BCUT2D eigenvalue weighted by Gasteiger charge is 2.23. The van der Waals surface area contributed by atoms with E-state index in [-0.39, 0.29) is 23.1 Å². The molecule has 3 aromatic heterocycles. The van der Waals surface area contributed by atoms with Gasteiger partial charge in [0.2, 0.25) is 0 Å². The number of hydrogen-bond acceptors (Lipinski definition) is 6. The number of halogens is 2. The van der Waals surface area contributed by atoms with Gasteiger partial charge in [-0.25, -0.2) is 18.7 Å². The quantitative estimate of drug-likeness (QED) is 0.381. The molecular weight excluding hydrogens is 448 g/mol. The van der Waals surface area contributed by atoms with Crippen molar-refractivity contribution in [1.29, 1.82) is 0 Å². The highest BCUT2D eigenvalue weighted by Crippen LogP contribution is 2.33. The normalized spacial score (nSPS) is 12.7. The van der Waals surface area contributed by atoms with Crippen LogP contribution in [0.2, 0.25) is 0 Å². The summed E-state index contributed by atoms with van der Waals surface area (Å²) < 4.78 is 28.7. The molecule has 4 rings (SSSR count). The highest BCUT2D eigenvalue weighted by molar-refractivity contribution is 5.61. The van der Waals surface area contributed by atoms with Crippen molar-refractivity contribution >= 4 is 0 Å². The first-order valence-corrected chi connectivity index (χ1v) is 11.4. The molecule has 0 aliphatic rings. The van der Waals surface area contributed by atoms with Crippen molar-refractivity contribution < 1.29 is 13.9 Å². The largest absolute Gasteiger partial charge is 0.384 e. The Kier molecular flexibility index (Phi) is 6.67. The molecule has 0 aliphatic carbocycles. The maximum absolute atomic E-state index is 14.3. The molecule has 0 saturated carbocycles. The van der Waals surface area contributed by atoms with Crippen molar-refractivity contribution in [3.05, 3.63) is 89.1 Å². The van der Waals surface area contributed by atoms with Gasteiger partial charge in [0.05, 0.1) is 28.3 Å². The van der Waals surface area contributed by atoms with Crippen LogP contribution in [0, 0.1) is 11.6 Å². The summed E-state index contributed by atoms with van der Waals surface area (Å²) in [5.41, 5.74) is 2.43. The molecule has 35 heavy (non-hydrogen) atoms. The van der Waals surface area contributed by atoms with E-state index in [1.807, 2.05) is 32.9 Å². The molecule has 1 aromatic carbocycles. The predicted molar refractivity (Wildman–Crippen MR) is 129 cm³/mol. The molecule has 1 unspecified atom stereocenters. The SMILES string of the molecule is CC(C)c1cc(-c2c(F)cccc2F)nnc1C(C)c1ccnc(-c2ccc(C(C)(C)O)nc2)n1. The maximum Gasteiger partial charge on any atom is 0.160 e. The first-order chi connectivity index (χ1) is 16.6. The van der Waals surface area contributed by atoms with Gasteiger partial charge in [-0.2, -0.15) is 10.2 Å². The Hall–Kier alpha value is -3.65. The molecule has 0 aliphatic heterocycles.